The summed E-state index contributed by atoms with van der Waals surface area (Å²) < 4.78 is 1.04. The first-order chi connectivity index (χ1) is 8.70. The maximum atomic E-state index is 12.0. The van der Waals surface area contributed by atoms with Crippen LogP contribution in [0.4, 0.5) is 0 Å². The van der Waals surface area contributed by atoms with E-state index in [9.17, 15) is 4.79 Å². The first-order valence-corrected chi connectivity index (χ1v) is 6.93. The van der Waals surface area contributed by atoms with Crippen molar-refractivity contribution in [3.63, 3.8) is 0 Å². The van der Waals surface area contributed by atoms with Crippen molar-refractivity contribution in [2.24, 2.45) is 0 Å². The minimum absolute atomic E-state index is 0.0324. The molecule has 2 N–H and O–H groups in total. The van der Waals surface area contributed by atoms with Crippen LogP contribution in [0.25, 0.3) is 10.2 Å². The SMILES string of the molecule is CCN[C@H](C)CNC(=O)c1ccc2ncsc2c1. The Morgan fingerprint density at radius 1 is 1.50 bits per heavy atom. The molecule has 0 aliphatic rings. The van der Waals surface area contributed by atoms with Crippen LogP contribution in [0, 0.1) is 0 Å². The predicted molar refractivity (Wildman–Crippen MR) is 75.1 cm³/mol. The minimum atomic E-state index is -0.0324. The molecule has 0 aliphatic carbocycles. The van der Waals surface area contributed by atoms with Gasteiger partial charge in [0, 0.05) is 18.2 Å². The van der Waals surface area contributed by atoms with E-state index < -0.39 is 0 Å². The molecule has 2 rings (SSSR count). The van der Waals surface area contributed by atoms with Crippen LogP contribution in [0.2, 0.25) is 0 Å². The molecule has 0 spiro atoms. The number of rotatable bonds is 5. The van der Waals surface area contributed by atoms with Crippen LogP contribution in [-0.4, -0.2) is 30.0 Å². The van der Waals surface area contributed by atoms with E-state index in [1.807, 2.05) is 18.2 Å². The third-order valence-electron chi connectivity index (χ3n) is 2.71. The van der Waals surface area contributed by atoms with E-state index in [0.717, 1.165) is 16.8 Å². The Hall–Kier alpha value is -1.46. The van der Waals surface area contributed by atoms with Gasteiger partial charge in [0.2, 0.25) is 0 Å². The lowest BCUT2D eigenvalue weighted by atomic mass is 10.2. The normalized spacial score (nSPS) is 12.6. The zero-order valence-electron chi connectivity index (χ0n) is 10.6. The van der Waals surface area contributed by atoms with E-state index in [1.54, 1.807) is 16.8 Å². The summed E-state index contributed by atoms with van der Waals surface area (Å²) in [6.07, 6.45) is 0. The molecule has 0 aliphatic heterocycles. The number of benzene rings is 1. The van der Waals surface area contributed by atoms with Gasteiger partial charge in [-0.15, -0.1) is 11.3 Å². The van der Waals surface area contributed by atoms with Crippen LogP contribution < -0.4 is 10.6 Å². The maximum absolute atomic E-state index is 12.0. The summed E-state index contributed by atoms with van der Waals surface area (Å²) in [5, 5.41) is 6.18. The molecule has 1 aromatic heterocycles. The number of likely N-dealkylation sites (N-methyl/N-ethyl adjacent to an activating group) is 1. The van der Waals surface area contributed by atoms with Crippen LogP contribution in [0.3, 0.4) is 0 Å². The first kappa shape index (κ1) is 13.0. The molecule has 0 fully saturated rings. The number of thiazole rings is 1. The number of fused-ring (bicyclic) bond motifs is 1. The highest BCUT2D eigenvalue weighted by atomic mass is 32.1. The first-order valence-electron chi connectivity index (χ1n) is 6.05. The molecule has 1 aromatic carbocycles. The van der Waals surface area contributed by atoms with Gasteiger partial charge in [-0.2, -0.15) is 0 Å². The lowest BCUT2D eigenvalue weighted by Crippen LogP contribution is -2.38. The number of carbonyl (C=O) groups is 1. The van der Waals surface area contributed by atoms with E-state index in [2.05, 4.69) is 29.5 Å². The zero-order chi connectivity index (χ0) is 13.0. The molecule has 0 radical (unpaired) electrons. The van der Waals surface area contributed by atoms with Gasteiger partial charge in [0.15, 0.2) is 0 Å². The predicted octanol–water partition coefficient (Wildman–Crippen LogP) is 2.02. The summed E-state index contributed by atoms with van der Waals surface area (Å²) in [6, 6.07) is 5.87. The van der Waals surface area contributed by atoms with E-state index in [-0.39, 0.29) is 11.9 Å². The van der Waals surface area contributed by atoms with Gasteiger partial charge in [-0.1, -0.05) is 6.92 Å². The molecular weight excluding hydrogens is 246 g/mol. The van der Waals surface area contributed by atoms with Crippen LogP contribution in [-0.2, 0) is 0 Å². The second-order valence-corrected chi connectivity index (χ2v) is 5.09. The molecular formula is C13H17N3OS. The number of amides is 1. The van der Waals surface area contributed by atoms with E-state index in [0.29, 0.717) is 12.1 Å². The van der Waals surface area contributed by atoms with Gasteiger partial charge < -0.3 is 10.6 Å². The Morgan fingerprint density at radius 2 is 2.33 bits per heavy atom. The molecule has 18 heavy (non-hydrogen) atoms. The molecule has 1 amide bonds. The molecule has 4 nitrogen and oxygen atoms in total. The van der Waals surface area contributed by atoms with Crippen LogP contribution in [0.1, 0.15) is 24.2 Å². The van der Waals surface area contributed by atoms with Gasteiger partial charge in [0.25, 0.3) is 5.91 Å². The molecule has 0 bridgehead atoms. The van der Waals surface area contributed by atoms with Crippen molar-refractivity contribution >= 4 is 27.5 Å². The van der Waals surface area contributed by atoms with Crippen molar-refractivity contribution in [2.45, 2.75) is 19.9 Å². The summed E-state index contributed by atoms with van der Waals surface area (Å²) in [4.78, 5) is 16.2. The van der Waals surface area contributed by atoms with Crippen molar-refractivity contribution in [2.75, 3.05) is 13.1 Å². The van der Waals surface area contributed by atoms with Gasteiger partial charge in [-0.25, -0.2) is 4.98 Å². The number of hydrogen-bond acceptors (Lipinski definition) is 4. The van der Waals surface area contributed by atoms with Gasteiger partial charge in [-0.3, -0.25) is 4.79 Å². The number of nitrogens with zero attached hydrogens (tertiary/aromatic N) is 1. The second-order valence-electron chi connectivity index (χ2n) is 4.20. The summed E-state index contributed by atoms with van der Waals surface area (Å²) in [5.74, 6) is -0.0324. The minimum Gasteiger partial charge on any atom is -0.350 e. The average Bonchev–Trinajstić information content (AvgIpc) is 2.83. The fraction of sp³-hybridized carbons (Fsp3) is 0.385. The topological polar surface area (TPSA) is 54.0 Å². The fourth-order valence-electron chi connectivity index (χ4n) is 1.76. The molecule has 5 heteroatoms. The highest BCUT2D eigenvalue weighted by molar-refractivity contribution is 7.16. The Kier molecular flexibility index (Phi) is 4.28. The summed E-state index contributed by atoms with van der Waals surface area (Å²) >= 11 is 1.55. The second kappa shape index (κ2) is 5.93. The van der Waals surface area contributed by atoms with Crippen LogP contribution in [0.15, 0.2) is 23.7 Å². The molecule has 0 saturated heterocycles. The quantitative estimate of drug-likeness (QED) is 0.868. The van der Waals surface area contributed by atoms with Crippen molar-refractivity contribution in [3.8, 4) is 0 Å². The maximum Gasteiger partial charge on any atom is 0.251 e. The number of hydrogen-bond donors (Lipinski definition) is 2. The number of nitrogens with one attached hydrogen (secondary N) is 2. The molecule has 1 heterocycles. The van der Waals surface area contributed by atoms with Crippen LogP contribution >= 0.6 is 11.3 Å². The van der Waals surface area contributed by atoms with Gasteiger partial charge in [-0.05, 0) is 31.7 Å². The number of carbonyl (C=O) groups excluding carboxylic acids is 1. The van der Waals surface area contributed by atoms with E-state index >= 15 is 0 Å². The Morgan fingerprint density at radius 3 is 3.11 bits per heavy atom. The number of aromatic nitrogens is 1. The van der Waals surface area contributed by atoms with E-state index in [1.165, 1.54) is 0 Å². The highest BCUT2D eigenvalue weighted by Crippen LogP contribution is 2.18. The van der Waals surface area contributed by atoms with Crippen molar-refractivity contribution in [1.29, 1.82) is 0 Å². The third-order valence-corrected chi connectivity index (χ3v) is 3.51. The summed E-state index contributed by atoms with van der Waals surface area (Å²) in [5.41, 5.74) is 3.42. The Balaban J connectivity index is 1.99. The highest BCUT2D eigenvalue weighted by Gasteiger charge is 2.08. The third kappa shape index (κ3) is 3.05. The monoisotopic (exact) mass is 263 g/mol. The smallest absolute Gasteiger partial charge is 0.251 e. The van der Waals surface area contributed by atoms with Gasteiger partial charge in [0.1, 0.15) is 0 Å². The van der Waals surface area contributed by atoms with Crippen LogP contribution in [0.5, 0.6) is 0 Å². The van der Waals surface area contributed by atoms with Crippen molar-refractivity contribution in [3.05, 3.63) is 29.3 Å². The van der Waals surface area contributed by atoms with Gasteiger partial charge in [0.05, 0.1) is 15.7 Å². The molecule has 0 saturated carbocycles. The molecule has 1 atom stereocenters. The summed E-state index contributed by atoms with van der Waals surface area (Å²) in [6.45, 7) is 5.64. The largest absolute Gasteiger partial charge is 0.350 e. The van der Waals surface area contributed by atoms with Crippen molar-refractivity contribution < 1.29 is 4.79 Å². The standard InChI is InChI=1S/C13H17N3OS/c1-3-14-9(2)7-15-13(17)10-4-5-11-12(6-10)18-8-16-11/h4-6,8-9,14H,3,7H2,1-2H3,(H,15,17)/t9-/m1/s1. The molecule has 2 aromatic rings. The van der Waals surface area contributed by atoms with E-state index in [4.69, 9.17) is 0 Å². The Labute approximate surface area is 110 Å². The lowest BCUT2D eigenvalue weighted by Gasteiger charge is -2.13. The Bertz CT molecular complexity index is 538. The molecule has 0 unspecified atom stereocenters. The summed E-state index contributed by atoms with van der Waals surface area (Å²) in [7, 11) is 0. The molecule has 96 valence electrons. The van der Waals surface area contributed by atoms with Gasteiger partial charge >= 0.3 is 0 Å². The van der Waals surface area contributed by atoms with Crippen molar-refractivity contribution in [1.82, 2.24) is 15.6 Å². The lowest BCUT2D eigenvalue weighted by molar-refractivity contribution is 0.0950. The average molecular weight is 263 g/mol. The fourth-order valence-corrected chi connectivity index (χ4v) is 2.48. The zero-order valence-corrected chi connectivity index (χ0v) is 11.4.